The monoisotopic (exact) mass is 261 g/mol. The minimum Gasteiger partial charge on any atom is -0.383 e. The second kappa shape index (κ2) is 6.73. The number of hydrogen-bond acceptors (Lipinski definition) is 5. The molecule has 1 rings (SSSR count). The first kappa shape index (κ1) is 14.1. The smallest absolute Gasteiger partial charge is 0.178 e. The molecule has 7 heteroatoms. The van der Waals surface area contributed by atoms with Crippen molar-refractivity contribution in [2.75, 3.05) is 33.1 Å². The van der Waals surface area contributed by atoms with Crippen molar-refractivity contribution in [2.45, 2.75) is 17.9 Å². The summed E-state index contributed by atoms with van der Waals surface area (Å²) in [5.74, 6) is 0. The maximum atomic E-state index is 11.2. The van der Waals surface area contributed by atoms with E-state index in [-0.39, 0.29) is 4.90 Å². The SMILES string of the molecule is COCCNCCCn1cc(S(C)(=O)=O)cn1. The molecule has 0 saturated heterocycles. The van der Waals surface area contributed by atoms with Gasteiger partial charge in [-0.3, -0.25) is 4.68 Å². The summed E-state index contributed by atoms with van der Waals surface area (Å²) in [5, 5.41) is 7.21. The van der Waals surface area contributed by atoms with E-state index in [0.717, 1.165) is 19.5 Å². The molecule has 1 aromatic rings. The van der Waals surface area contributed by atoms with E-state index < -0.39 is 9.84 Å². The molecule has 0 aliphatic heterocycles. The van der Waals surface area contributed by atoms with Gasteiger partial charge in [0.25, 0.3) is 0 Å². The highest BCUT2D eigenvalue weighted by Gasteiger charge is 2.09. The quantitative estimate of drug-likeness (QED) is 0.662. The van der Waals surface area contributed by atoms with Crippen molar-refractivity contribution in [1.82, 2.24) is 15.1 Å². The number of ether oxygens (including phenoxy) is 1. The summed E-state index contributed by atoms with van der Waals surface area (Å²) in [6.07, 6.45) is 5.02. The molecule has 1 N–H and O–H groups in total. The Bertz CT molecular complexity index is 428. The molecule has 17 heavy (non-hydrogen) atoms. The molecule has 0 aliphatic carbocycles. The van der Waals surface area contributed by atoms with Gasteiger partial charge >= 0.3 is 0 Å². The molecule has 0 fully saturated rings. The van der Waals surface area contributed by atoms with E-state index in [0.29, 0.717) is 13.2 Å². The van der Waals surface area contributed by atoms with Crippen LogP contribution in [0.5, 0.6) is 0 Å². The van der Waals surface area contributed by atoms with Crippen LogP contribution in [0.1, 0.15) is 6.42 Å². The van der Waals surface area contributed by atoms with E-state index in [1.807, 2.05) is 0 Å². The summed E-state index contributed by atoms with van der Waals surface area (Å²) in [4.78, 5) is 0.268. The molecular weight excluding hydrogens is 242 g/mol. The number of nitrogens with zero attached hydrogens (tertiary/aromatic N) is 2. The summed E-state index contributed by atoms with van der Waals surface area (Å²) in [6.45, 7) is 3.08. The lowest BCUT2D eigenvalue weighted by molar-refractivity contribution is 0.199. The van der Waals surface area contributed by atoms with Gasteiger partial charge in [-0.1, -0.05) is 0 Å². The van der Waals surface area contributed by atoms with Gasteiger partial charge in [-0.05, 0) is 13.0 Å². The number of aromatic nitrogens is 2. The van der Waals surface area contributed by atoms with Crippen LogP contribution in [0.15, 0.2) is 17.3 Å². The molecule has 0 bridgehead atoms. The van der Waals surface area contributed by atoms with Crippen LogP contribution in [-0.2, 0) is 21.1 Å². The van der Waals surface area contributed by atoms with Crippen molar-refractivity contribution in [3.8, 4) is 0 Å². The van der Waals surface area contributed by atoms with Gasteiger partial charge in [-0.25, -0.2) is 8.42 Å². The number of sulfone groups is 1. The van der Waals surface area contributed by atoms with Gasteiger partial charge in [0.05, 0.1) is 12.8 Å². The standard InChI is InChI=1S/C10H19N3O3S/c1-16-7-5-11-4-3-6-13-9-10(8-12-13)17(2,14)15/h8-9,11H,3-7H2,1-2H3. The van der Waals surface area contributed by atoms with Gasteiger partial charge in [0.1, 0.15) is 4.90 Å². The first-order valence-corrected chi connectivity index (χ1v) is 7.35. The Balaban J connectivity index is 2.26. The average molecular weight is 261 g/mol. The van der Waals surface area contributed by atoms with Gasteiger partial charge in [0, 0.05) is 32.7 Å². The second-order valence-corrected chi connectivity index (χ2v) is 5.82. The second-order valence-electron chi connectivity index (χ2n) is 3.81. The lowest BCUT2D eigenvalue weighted by Gasteiger charge is -2.03. The van der Waals surface area contributed by atoms with E-state index in [1.54, 1.807) is 18.0 Å². The van der Waals surface area contributed by atoms with Gasteiger partial charge in [-0.2, -0.15) is 5.10 Å². The fourth-order valence-electron chi connectivity index (χ4n) is 1.32. The number of hydrogen-bond donors (Lipinski definition) is 1. The normalized spacial score (nSPS) is 11.9. The molecular formula is C10H19N3O3S. The van der Waals surface area contributed by atoms with Crippen molar-refractivity contribution < 1.29 is 13.2 Å². The summed E-state index contributed by atoms with van der Waals surface area (Å²) < 4.78 is 29.0. The number of nitrogens with one attached hydrogen (secondary N) is 1. The fraction of sp³-hybridized carbons (Fsp3) is 0.700. The van der Waals surface area contributed by atoms with Crippen LogP contribution < -0.4 is 5.32 Å². The lowest BCUT2D eigenvalue weighted by atomic mass is 10.4. The highest BCUT2D eigenvalue weighted by molar-refractivity contribution is 7.90. The van der Waals surface area contributed by atoms with Crippen molar-refractivity contribution in [2.24, 2.45) is 0 Å². The molecule has 0 unspecified atom stereocenters. The minimum atomic E-state index is -3.14. The highest BCUT2D eigenvalue weighted by Crippen LogP contribution is 2.06. The Morgan fingerprint density at radius 2 is 2.24 bits per heavy atom. The van der Waals surface area contributed by atoms with Crippen LogP contribution >= 0.6 is 0 Å². The largest absolute Gasteiger partial charge is 0.383 e. The topological polar surface area (TPSA) is 73.2 Å². The molecule has 0 spiro atoms. The number of rotatable bonds is 8. The van der Waals surface area contributed by atoms with Crippen molar-refractivity contribution >= 4 is 9.84 Å². The minimum absolute atomic E-state index is 0.268. The van der Waals surface area contributed by atoms with Gasteiger partial charge in [0.2, 0.25) is 0 Å². The molecule has 6 nitrogen and oxygen atoms in total. The maximum Gasteiger partial charge on any atom is 0.178 e. The Morgan fingerprint density at radius 1 is 1.47 bits per heavy atom. The predicted molar refractivity (Wildman–Crippen MR) is 64.7 cm³/mol. The summed E-state index contributed by atoms with van der Waals surface area (Å²) in [6, 6.07) is 0. The third-order valence-corrected chi connectivity index (χ3v) is 3.33. The highest BCUT2D eigenvalue weighted by atomic mass is 32.2. The zero-order valence-electron chi connectivity index (χ0n) is 10.2. The van der Waals surface area contributed by atoms with E-state index in [1.165, 1.54) is 12.5 Å². The van der Waals surface area contributed by atoms with E-state index in [9.17, 15) is 8.42 Å². The molecule has 0 saturated carbocycles. The molecule has 0 aliphatic rings. The van der Waals surface area contributed by atoms with Crippen LogP contribution in [0.25, 0.3) is 0 Å². The number of methoxy groups -OCH3 is 1. The third kappa shape index (κ3) is 5.29. The summed E-state index contributed by atoms with van der Waals surface area (Å²) >= 11 is 0. The maximum absolute atomic E-state index is 11.2. The van der Waals surface area contributed by atoms with Crippen molar-refractivity contribution in [3.05, 3.63) is 12.4 Å². The molecule has 98 valence electrons. The average Bonchev–Trinajstić information content (AvgIpc) is 2.71. The van der Waals surface area contributed by atoms with Crippen LogP contribution in [0.2, 0.25) is 0 Å². The van der Waals surface area contributed by atoms with Crippen molar-refractivity contribution in [1.29, 1.82) is 0 Å². The Labute approximate surface area is 102 Å². The van der Waals surface area contributed by atoms with Crippen LogP contribution in [0, 0.1) is 0 Å². The predicted octanol–water partition coefficient (Wildman–Crippen LogP) is -0.0873. The van der Waals surface area contributed by atoms with E-state index >= 15 is 0 Å². The van der Waals surface area contributed by atoms with E-state index in [2.05, 4.69) is 10.4 Å². The van der Waals surface area contributed by atoms with Crippen LogP contribution in [-0.4, -0.2) is 51.3 Å². The molecule has 1 heterocycles. The number of aryl methyl sites for hydroxylation is 1. The van der Waals surface area contributed by atoms with Crippen molar-refractivity contribution in [3.63, 3.8) is 0 Å². The molecule has 0 aromatic carbocycles. The first-order chi connectivity index (χ1) is 8.04. The molecule has 0 amide bonds. The fourth-order valence-corrected chi connectivity index (χ4v) is 1.88. The van der Waals surface area contributed by atoms with Crippen LogP contribution in [0.4, 0.5) is 0 Å². The van der Waals surface area contributed by atoms with Crippen LogP contribution in [0.3, 0.4) is 0 Å². The Morgan fingerprint density at radius 3 is 2.82 bits per heavy atom. The zero-order valence-corrected chi connectivity index (χ0v) is 11.0. The first-order valence-electron chi connectivity index (χ1n) is 5.46. The molecule has 0 atom stereocenters. The third-order valence-electron chi connectivity index (χ3n) is 2.26. The lowest BCUT2D eigenvalue weighted by Crippen LogP contribution is -2.21. The van der Waals surface area contributed by atoms with Gasteiger partial charge < -0.3 is 10.1 Å². The Kier molecular flexibility index (Phi) is 5.60. The zero-order chi connectivity index (χ0) is 12.7. The van der Waals surface area contributed by atoms with E-state index in [4.69, 9.17) is 4.74 Å². The molecule has 0 radical (unpaired) electrons. The Hall–Kier alpha value is -0.920. The molecule has 1 aromatic heterocycles. The van der Waals surface area contributed by atoms with Gasteiger partial charge in [0.15, 0.2) is 9.84 Å². The summed E-state index contributed by atoms with van der Waals surface area (Å²) in [7, 11) is -1.48. The van der Waals surface area contributed by atoms with Gasteiger partial charge in [-0.15, -0.1) is 0 Å². The summed E-state index contributed by atoms with van der Waals surface area (Å²) in [5.41, 5.74) is 0.